The normalized spacial score (nSPS) is 23.7. The highest BCUT2D eigenvalue weighted by Gasteiger charge is 2.24. The molecule has 1 fully saturated rings. The van der Waals surface area contributed by atoms with Crippen molar-refractivity contribution in [2.45, 2.75) is 39.3 Å². The van der Waals surface area contributed by atoms with Gasteiger partial charge in [-0.15, -0.1) is 0 Å². The van der Waals surface area contributed by atoms with Crippen LogP contribution < -0.4 is 10.6 Å². The van der Waals surface area contributed by atoms with Gasteiger partial charge in [0.1, 0.15) is 0 Å². The van der Waals surface area contributed by atoms with Gasteiger partial charge in [-0.1, -0.05) is 0 Å². The van der Waals surface area contributed by atoms with Crippen molar-refractivity contribution in [2.24, 2.45) is 5.92 Å². The predicted octanol–water partition coefficient (Wildman–Crippen LogP) is 0.789. The first-order valence-electron chi connectivity index (χ1n) is 6.44. The smallest absolute Gasteiger partial charge is 0.223 e. The minimum Gasteiger partial charge on any atom is -0.350 e. The first-order chi connectivity index (χ1) is 8.65. The molecule has 5 nitrogen and oxygen atoms in total. The van der Waals surface area contributed by atoms with Crippen molar-refractivity contribution >= 4 is 5.91 Å². The van der Waals surface area contributed by atoms with E-state index in [9.17, 15) is 4.79 Å². The van der Waals surface area contributed by atoms with Gasteiger partial charge in [-0.2, -0.15) is 0 Å². The zero-order valence-electron chi connectivity index (χ0n) is 10.9. The lowest BCUT2D eigenvalue weighted by atomic mass is 9.92. The Hall–Kier alpha value is -1.49. The maximum atomic E-state index is 12.0. The van der Waals surface area contributed by atoms with Crippen LogP contribution in [0.1, 0.15) is 31.2 Å². The summed E-state index contributed by atoms with van der Waals surface area (Å²) in [6.45, 7) is 5.39. The van der Waals surface area contributed by atoms with Crippen molar-refractivity contribution in [2.75, 3.05) is 6.54 Å². The average Bonchev–Trinajstić information content (AvgIpc) is 2.38. The second-order valence-corrected chi connectivity index (χ2v) is 4.94. The van der Waals surface area contributed by atoms with Gasteiger partial charge in [0.25, 0.3) is 0 Å². The number of aromatic nitrogens is 2. The summed E-state index contributed by atoms with van der Waals surface area (Å²) in [5, 5.41) is 6.28. The number of hydrogen-bond donors (Lipinski definition) is 2. The van der Waals surface area contributed by atoms with Crippen LogP contribution in [0.25, 0.3) is 0 Å². The number of piperidine rings is 1. The van der Waals surface area contributed by atoms with Crippen molar-refractivity contribution in [3.8, 4) is 0 Å². The number of rotatable bonds is 3. The Bertz CT molecular complexity index is 404. The SMILES string of the molecule is Cc1cnc(CNC(=O)C2CCNC(C)C2)cn1. The molecule has 2 unspecified atom stereocenters. The molecule has 0 saturated carbocycles. The Morgan fingerprint density at radius 3 is 3.00 bits per heavy atom. The zero-order valence-corrected chi connectivity index (χ0v) is 10.9. The molecule has 0 spiro atoms. The van der Waals surface area contributed by atoms with Crippen LogP contribution in [-0.2, 0) is 11.3 Å². The largest absolute Gasteiger partial charge is 0.350 e. The third-order valence-electron chi connectivity index (χ3n) is 3.27. The zero-order chi connectivity index (χ0) is 13.0. The van der Waals surface area contributed by atoms with Gasteiger partial charge in [0, 0.05) is 18.2 Å². The summed E-state index contributed by atoms with van der Waals surface area (Å²) in [6.07, 6.45) is 5.25. The maximum Gasteiger partial charge on any atom is 0.223 e. The number of hydrogen-bond acceptors (Lipinski definition) is 4. The summed E-state index contributed by atoms with van der Waals surface area (Å²) in [7, 11) is 0. The predicted molar refractivity (Wildman–Crippen MR) is 68.8 cm³/mol. The molecule has 2 heterocycles. The van der Waals surface area contributed by atoms with Gasteiger partial charge < -0.3 is 10.6 Å². The van der Waals surface area contributed by atoms with Crippen molar-refractivity contribution in [1.29, 1.82) is 0 Å². The number of carbonyl (C=O) groups is 1. The molecule has 2 rings (SSSR count). The molecule has 5 heteroatoms. The quantitative estimate of drug-likeness (QED) is 0.830. The number of amides is 1. The fraction of sp³-hybridized carbons (Fsp3) is 0.615. The highest BCUT2D eigenvalue weighted by molar-refractivity contribution is 5.78. The maximum absolute atomic E-state index is 12.0. The van der Waals surface area contributed by atoms with E-state index < -0.39 is 0 Å². The molecule has 0 aliphatic carbocycles. The van der Waals surface area contributed by atoms with Crippen molar-refractivity contribution in [1.82, 2.24) is 20.6 Å². The van der Waals surface area contributed by atoms with E-state index in [1.165, 1.54) is 0 Å². The highest BCUT2D eigenvalue weighted by atomic mass is 16.1. The van der Waals surface area contributed by atoms with Crippen molar-refractivity contribution in [3.05, 3.63) is 23.8 Å². The third-order valence-corrected chi connectivity index (χ3v) is 3.27. The number of nitrogens with zero attached hydrogens (tertiary/aromatic N) is 2. The number of nitrogens with one attached hydrogen (secondary N) is 2. The molecule has 98 valence electrons. The molecule has 1 aliphatic heterocycles. The summed E-state index contributed by atoms with van der Waals surface area (Å²) in [6, 6.07) is 0.425. The summed E-state index contributed by atoms with van der Waals surface area (Å²) in [5.41, 5.74) is 1.69. The van der Waals surface area contributed by atoms with Gasteiger partial charge >= 0.3 is 0 Å². The molecule has 1 amide bonds. The van der Waals surface area contributed by atoms with E-state index in [2.05, 4.69) is 27.5 Å². The molecule has 2 atom stereocenters. The first-order valence-corrected chi connectivity index (χ1v) is 6.44. The fourth-order valence-electron chi connectivity index (χ4n) is 2.20. The molecule has 0 radical (unpaired) electrons. The van der Waals surface area contributed by atoms with Gasteiger partial charge in [0.15, 0.2) is 0 Å². The Kier molecular flexibility index (Phi) is 4.25. The van der Waals surface area contributed by atoms with E-state index in [1.807, 2.05) is 6.92 Å². The van der Waals surface area contributed by atoms with Crippen molar-refractivity contribution in [3.63, 3.8) is 0 Å². The van der Waals surface area contributed by atoms with Gasteiger partial charge in [0.05, 0.1) is 24.1 Å². The first kappa shape index (κ1) is 13.0. The monoisotopic (exact) mass is 248 g/mol. The van der Waals surface area contributed by atoms with Gasteiger partial charge in [-0.25, -0.2) is 0 Å². The van der Waals surface area contributed by atoms with E-state index in [4.69, 9.17) is 0 Å². The van der Waals surface area contributed by atoms with E-state index in [1.54, 1.807) is 12.4 Å². The minimum absolute atomic E-state index is 0.125. The molecule has 18 heavy (non-hydrogen) atoms. The van der Waals surface area contributed by atoms with E-state index >= 15 is 0 Å². The van der Waals surface area contributed by atoms with Crippen LogP contribution in [-0.4, -0.2) is 28.5 Å². The lowest BCUT2D eigenvalue weighted by Gasteiger charge is -2.27. The summed E-state index contributed by atoms with van der Waals surface area (Å²) >= 11 is 0. The molecule has 1 aromatic heterocycles. The minimum atomic E-state index is 0.125. The Morgan fingerprint density at radius 2 is 2.33 bits per heavy atom. The van der Waals surface area contributed by atoms with Gasteiger partial charge in [0.2, 0.25) is 5.91 Å². The molecule has 1 aromatic rings. The lowest BCUT2D eigenvalue weighted by molar-refractivity contribution is -0.126. The van der Waals surface area contributed by atoms with E-state index in [-0.39, 0.29) is 11.8 Å². The summed E-state index contributed by atoms with van der Waals surface area (Å²) in [5.74, 6) is 0.255. The second kappa shape index (κ2) is 5.91. The van der Waals surface area contributed by atoms with E-state index in [0.29, 0.717) is 12.6 Å². The van der Waals surface area contributed by atoms with Crippen LogP contribution in [0.2, 0.25) is 0 Å². The van der Waals surface area contributed by atoms with Crippen LogP contribution in [0.15, 0.2) is 12.4 Å². The fourth-order valence-corrected chi connectivity index (χ4v) is 2.20. The Labute approximate surface area is 107 Å². The number of aryl methyl sites for hydroxylation is 1. The molecule has 1 aliphatic rings. The lowest BCUT2D eigenvalue weighted by Crippen LogP contribution is -2.42. The molecule has 0 aromatic carbocycles. The third kappa shape index (κ3) is 3.50. The summed E-state index contributed by atoms with van der Waals surface area (Å²) in [4.78, 5) is 20.4. The van der Waals surface area contributed by atoms with Crippen LogP contribution in [0, 0.1) is 12.8 Å². The highest BCUT2D eigenvalue weighted by Crippen LogP contribution is 2.16. The average molecular weight is 248 g/mol. The molecular formula is C13H20N4O. The van der Waals surface area contributed by atoms with Gasteiger partial charge in [-0.3, -0.25) is 14.8 Å². The van der Waals surface area contributed by atoms with E-state index in [0.717, 1.165) is 30.8 Å². The van der Waals surface area contributed by atoms with Crippen LogP contribution >= 0.6 is 0 Å². The summed E-state index contributed by atoms with van der Waals surface area (Å²) < 4.78 is 0. The van der Waals surface area contributed by atoms with Crippen LogP contribution in [0.4, 0.5) is 0 Å². The Morgan fingerprint density at radius 1 is 1.50 bits per heavy atom. The molecule has 1 saturated heterocycles. The Balaban J connectivity index is 1.82. The number of carbonyl (C=O) groups excluding carboxylic acids is 1. The molecule has 0 bridgehead atoms. The molecule has 2 N–H and O–H groups in total. The topological polar surface area (TPSA) is 66.9 Å². The van der Waals surface area contributed by atoms with Crippen LogP contribution in [0.3, 0.4) is 0 Å². The van der Waals surface area contributed by atoms with Gasteiger partial charge in [-0.05, 0) is 33.2 Å². The van der Waals surface area contributed by atoms with Crippen LogP contribution in [0.5, 0.6) is 0 Å². The van der Waals surface area contributed by atoms with Crippen molar-refractivity contribution < 1.29 is 4.79 Å². The second-order valence-electron chi connectivity index (χ2n) is 4.94. The molecular weight excluding hydrogens is 228 g/mol. The standard InChI is InChI=1S/C13H20N4O/c1-9-5-11(3-4-14-9)13(18)17-8-12-7-15-10(2)6-16-12/h6-7,9,11,14H,3-5,8H2,1-2H3,(H,17,18).